The average Bonchev–Trinajstić information content (AvgIpc) is 1.88. The van der Waals surface area contributed by atoms with Crippen LogP contribution in [-0.2, 0) is 0 Å². The first-order valence-electron chi connectivity index (χ1n) is 3.39. The molecule has 1 aliphatic rings. The Kier molecular flexibility index (Phi) is 3.50. The van der Waals surface area contributed by atoms with Crippen LogP contribution in [0.25, 0.3) is 0 Å². The van der Waals surface area contributed by atoms with Crippen LogP contribution in [0.2, 0.25) is 0 Å². The van der Waals surface area contributed by atoms with E-state index in [1.165, 1.54) is 5.57 Å². The van der Waals surface area contributed by atoms with E-state index < -0.39 is 0 Å². The third-order valence-corrected chi connectivity index (χ3v) is 2.22. The Bertz CT molecular complexity index is 161. The van der Waals surface area contributed by atoms with E-state index in [-0.39, 0.29) is 5.38 Å². The average molecular weight is 222 g/mol. The molecule has 0 aromatic rings. The molecule has 0 bridgehead atoms. The zero-order valence-corrected chi connectivity index (χ0v) is 8.03. The lowest BCUT2D eigenvalue weighted by molar-refractivity contribution is 0.908. The summed E-state index contributed by atoms with van der Waals surface area (Å²) in [6.07, 6.45) is 8.36. The molecular weight excluding hydrogens is 211 g/mol. The van der Waals surface area contributed by atoms with Crippen molar-refractivity contribution in [3.63, 3.8) is 0 Å². The van der Waals surface area contributed by atoms with E-state index in [1.807, 2.05) is 12.2 Å². The van der Waals surface area contributed by atoms with Gasteiger partial charge >= 0.3 is 0 Å². The van der Waals surface area contributed by atoms with Crippen LogP contribution in [0.15, 0.2) is 23.8 Å². The van der Waals surface area contributed by atoms with Gasteiger partial charge in [-0.25, -0.2) is 0 Å². The molecule has 56 valence electrons. The Morgan fingerprint density at radius 1 is 1.70 bits per heavy atom. The fourth-order valence-electron chi connectivity index (χ4n) is 1.01. The quantitative estimate of drug-likeness (QED) is 0.628. The topological polar surface area (TPSA) is 0 Å². The normalized spacial score (nSPS) is 24.6. The van der Waals surface area contributed by atoms with E-state index in [0.29, 0.717) is 0 Å². The lowest BCUT2D eigenvalue weighted by Crippen LogP contribution is -2.00. The van der Waals surface area contributed by atoms with Crippen LogP contribution >= 0.6 is 27.5 Å². The molecule has 0 aromatic carbocycles. The molecule has 1 aliphatic carbocycles. The van der Waals surface area contributed by atoms with Gasteiger partial charge < -0.3 is 0 Å². The van der Waals surface area contributed by atoms with Gasteiger partial charge in [0, 0.05) is 5.33 Å². The van der Waals surface area contributed by atoms with Crippen molar-refractivity contribution in [2.75, 3.05) is 5.33 Å². The summed E-state index contributed by atoms with van der Waals surface area (Å²) < 4.78 is 0. The van der Waals surface area contributed by atoms with E-state index in [2.05, 4.69) is 22.0 Å². The van der Waals surface area contributed by atoms with Crippen LogP contribution in [0.5, 0.6) is 0 Å². The number of allylic oxidation sites excluding steroid dienone is 4. The first-order chi connectivity index (χ1) is 4.83. The highest BCUT2D eigenvalue weighted by Crippen LogP contribution is 2.20. The summed E-state index contributed by atoms with van der Waals surface area (Å²) in [7, 11) is 0. The molecule has 0 nitrogen and oxygen atoms in total. The number of rotatable bonds is 2. The van der Waals surface area contributed by atoms with E-state index in [0.717, 1.165) is 18.2 Å². The summed E-state index contributed by atoms with van der Waals surface area (Å²) in [5.74, 6) is 0. The molecule has 0 radical (unpaired) electrons. The summed E-state index contributed by atoms with van der Waals surface area (Å²) in [4.78, 5) is 0. The largest absolute Gasteiger partial charge is 0.118 e. The van der Waals surface area contributed by atoms with Crippen LogP contribution in [0.4, 0.5) is 0 Å². The van der Waals surface area contributed by atoms with E-state index in [9.17, 15) is 0 Å². The minimum atomic E-state index is 0.221. The van der Waals surface area contributed by atoms with Crippen molar-refractivity contribution < 1.29 is 0 Å². The van der Waals surface area contributed by atoms with Crippen molar-refractivity contribution in [3.8, 4) is 0 Å². The molecule has 1 rings (SSSR count). The van der Waals surface area contributed by atoms with Crippen molar-refractivity contribution in [1.82, 2.24) is 0 Å². The Hall–Kier alpha value is 0.250. The Balaban J connectivity index is 2.45. The molecule has 0 N–H and O–H groups in total. The maximum atomic E-state index is 5.90. The molecule has 1 unspecified atom stereocenters. The predicted octanol–water partition coefficient (Wildman–Crippen LogP) is 3.27. The predicted molar refractivity (Wildman–Crippen MR) is 49.9 cm³/mol. The third-order valence-electron chi connectivity index (χ3n) is 1.52. The van der Waals surface area contributed by atoms with Gasteiger partial charge in [-0.1, -0.05) is 39.7 Å². The van der Waals surface area contributed by atoms with Crippen molar-refractivity contribution in [2.45, 2.75) is 18.2 Å². The second-order valence-electron chi connectivity index (χ2n) is 2.37. The lowest BCUT2D eigenvalue weighted by atomic mass is 10.0. The number of hydrogen-bond acceptors (Lipinski definition) is 0. The zero-order valence-electron chi connectivity index (χ0n) is 5.69. The summed E-state index contributed by atoms with van der Waals surface area (Å²) in [6, 6.07) is 0. The second kappa shape index (κ2) is 4.20. The van der Waals surface area contributed by atoms with Crippen LogP contribution in [0.1, 0.15) is 12.8 Å². The maximum absolute atomic E-state index is 5.90. The molecule has 0 aromatic heterocycles. The van der Waals surface area contributed by atoms with Crippen molar-refractivity contribution in [1.29, 1.82) is 0 Å². The molecule has 0 amide bonds. The number of hydrogen-bond donors (Lipinski definition) is 0. The van der Waals surface area contributed by atoms with Gasteiger partial charge in [0.15, 0.2) is 0 Å². The summed E-state index contributed by atoms with van der Waals surface area (Å²) >= 11 is 9.30. The fourth-order valence-corrected chi connectivity index (χ4v) is 1.80. The Morgan fingerprint density at radius 3 is 3.10 bits per heavy atom. The molecule has 0 heterocycles. The number of alkyl halides is 2. The van der Waals surface area contributed by atoms with E-state index in [4.69, 9.17) is 11.6 Å². The molecule has 0 fully saturated rings. The SMILES string of the molecule is ClC1C=CC=C(CCBr)C1. The minimum Gasteiger partial charge on any atom is -0.118 e. The zero-order chi connectivity index (χ0) is 7.40. The molecule has 0 saturated heterocycles. The third kappa shape index (κ3) is 2.47. The Labute approximate surface area is 75.1 Å². The van der Waals surface area contributed by atoms with Crippen molar-refractivity contribution in [2.24, 2.45) is 0 Å². The monoisotopic (exact) mass is 220 g/mol. The summed E-state index contributed by atoms with van der Waals surface area (Å²) in [5.41, 5.74) is 1.44. The molecular formula is C8H10BrCl. The Morgan fingerprint density at radius 2 is 2.50 bits per heavy atom. The molecule has 0 spiro atoms. The van der Waals surface area contributed by atoms with Gasteiger partial charge in [0.2, 0.25) is 0 Å². The lowest BCUT2D eigenvalue weighted by Gasteiger charge is -2.10. The first kappa shape index (κ1) is 8.35. The molecule has 10 heavy (non-hydrogen) atoms. The number of halogens is 2. The van der Waals surface area contributed by atoms with Crippen LogP contribution in [-0.4, -0.2) is 10.7 Å². The fraction of sp³-hybridized carbons (Fsp3) is 0.500. The molecule has 0 aliphatic heterocycles. The van der Waals surface area contributed by atoms with E-state index in [1.54, 1.807) is 0 Å². The summed E-state index contributed by atoms with van der Waals surface area (Å²) in [5, 5.41) is 1.26. The van der Waals surface area contributed by atoms with Gasteiger partial charge in [-0.15, -0.1) is 11.6 Å². The smallest absolute Gasteiger partial charge is 0.0556 e. The molecule has 1 atom stereocenters. The highest BCUT2D eigenvalue weighted by Gasteiger charge is 2.06. The van der Waals surface area contributed by atoms with Gasteiger partial charge in [0.1, 0.15) is 0 Å². The second-order valence-corrected chi connectivity index (χ2v) is 3.72. The van der Waals surface area contributed by atoms with Crippen molar-refractivity contribution in [3.05, 3.63) is 23.8 Å². The molecule has 0 saturated carbocycles. The minimum absolute atomic E-state index is 0.221. The van der Waals surface area contributed by atoms with Gasteiger partial charge in [-0.05, 0) is 12.8 Å². The van der Waals surface area contributed by atoms with Gasteiger partial charge in [0.25, 0.3) is 0 Å². The highest BCUT2D eigenvalue weighted by atomic mass is 79.9. The maximum Gasteiger partial charge on any atom is 0.0556 e. The standard InChI is InChI=1S/C8H10BrCl/c9-5-4-7-2-1-3-8(10)6-7/h1-3,8H,4-6H2. The van der Waals surface area contributed by atoms with Gasteiger partial charge in [-0.3, -0.25) is 0 Å². The van der Waals surface area contributed by atoms with E-state index >= 15 is 0 Å². The van der Waals surface area contributed by atoms with Gasteiger partial charge in [-0.2, -0.15) is 0 Å². The van der Waals surface area contributed by atoms with Crippen LogP contribution in [0.3, 0.4) is 0 Å². The van der Waals surface area contributed by atoms with Crippen LogP contribution in [0, 0.1) is 0 Å². The van der Waals surface area contributed by atoms with Gasteiger partial charge in [0.05, 0.1) is 5.38 Å². The highest BCUT2D eigenvalue weighted by molar-refractivity contribution is 9.09. The first-order valence-corrected chi connectivity index (χ1v) is 4.95. The van der Waals surface area contributed by atoms with Crippen LogP contribution < -0.4 is 0 Å². The van der Waals surface area contributed by atoms with Crippen molar-refractivity contribution >= 4 is 27.5 Å². The summed E-state index contributed by atoms with van der Waals surface area (Å²) in [6.45, 7) is 0. The molecule has 2 heteroatoms.